The third-order valence-electron chi connectivity index (χ3n) is 5.03. The molecule has 0 spiro atoms. The second-order valence-electron chi connectivity index (χ2n) is 6.66. The van der Waals surface area contributed by atoms with Crippen LogP contribution in [0.5, 0.6) is 5.75 Å². The van der Waals surface area contributed by atoms with E-state index in [4.69, 9.17) is 4.74 Å². The van der Waals surface area contributed by atoms with Crippen LogP contribution >= 0.6 is 0 Å². The standard InChI is InChI=1S/C20H24N2O3/c1-13-10-21-18(14(2)19(13)25-3)12-22-9-8-15(11-22)16-6-4-5-7-17(16)20(23)24/h4-7,10,15H,8-9,11-12H2,1-3H3,(H,23,24). The predicted octanol–water partition coefficient (Wildman–Crippen LogP) is 3.39. The van der Waals surface area contributed by atoms with E-state index in [0.29, 0.717) is 5.56 Å². The lowest BCUT2D eigenvalue weighted by Gasteiger charge is -2.19. The number of ether oxygens (including phenoxy) is 1. The van der Waals surface area contributed by atoms with E-state index in [1.54, 1.807) is 19.2 Å². The number of carbonyl (C=O) groups is 1. The van der Waals surface area contributed by atoms with Crippen molar-refractivity contribution < 1.29 is 14.6 Å². The Kier molecular flexibility index (Phi) is 5.04. The molecule has 132 valence electrons. The molecule has 3 rings (SSSR count). The lowest BCUT2D eigenvalue weighted by molar-refractivity contribution is 0.0695. The zero-order valence-electron chi connectivity index (χ0n) is 15.0. The van der Waals surface area contributed by atoms with Crippen molar-refractivity contribution in [2.75, 3.05) is 20.2 Å². The van der Waals surface area contributed by atoms with E-state index < -0.39 is 5.97 Å². The number of hydrogen-bond acceptors (Lipinski definition) is 4. The molecule has 1 N–H and O–H groups in total. The van der Waals surface area contributed by atoms with Crippen LogP contribution < -0.4 is 4.74 Å². The first-order chi connectivity index (χ1) is 12.0. The fourth-order valence-corrected chi connectivity index (χ4v) is 3.72. The van der Waals surface area contributed by atoms with Crippen molar-refractivity contribution in [2.24, 2.45) is 0 Å². The number of pyridine rings is 1. The normalized spacial score (nSPS) is 17.6. The van der Waals surface area contributed by atoms with Crippen LogP contribution in [0, 0.1) is 13.8 Å². The Morgan fingerprint density at radius 1 is 1.36 bits per heavy atom. The molecule has 1 aliphatic heterocycles. The third kappa shape index (κ3) is 3.51. The van der Waals surface area contributed by atoms with Crippen molar-refractivity contribution in [2.45, 2.75) is 32.7 Å². The number of nitrogens with zero attached hydrogens (tertiary/aromatic N) is 2. The molecular weight excluding hydrogens is 316 g/mol. The lowest BCUT2D eigenvalue weighted by atomic mass is 9.93. The Morgan fingerprint density at radius 3 is 2.84 bits per heavy atom. The molecule has 1 saturated heterocycles. The first-order valence-corrected chi connectivity index (χ1v) is 8.55. The number of aromatic nitrogens is 1. The second kappa shape index (κ2) is 7.23. The summed E-state index contributed by atoms with van der Waals surface area (Å²) in [5.74, 6) is 0.298. The van der Waals surface area contributed by atoms with Gasteiger partial charge in [-0.15, -0.1) is 0 Å². The van der Waals surface area contributed by atoms with Gasteiger partial charge in [-0.1, -0.05) is 18.2 Å². The summed E-state index contributed by atoms with van der Waals surface area (Å²) in [6, 6.07) is 7.33. The Labute approximate surface area is 148 Å². The van der Waals surface area contributed by atoms with Gasteiger partial charge in [-0.2, -0.15) is 0 Å². The monoisotopic (exact) mass is 340 g/mol. The Balaban J connectivity index is 1.76. The lowest BCUT2D eigenvalue weighted by Crippen LogP contribution is -2.21. The van der Waals surface area contributed by atoms with Crippen LogP contribution in [-0.4, -0.2) is 41.2 Å². The number of aromatic carboxylic acids is 1. The summed E-state index contributed by atoms with van der Waals surface area (Å²) < 4.78 is 5.49. The number of aryl methyl sites for hydroxylation is 1. The van der Waals surface area contributed by atoms with Gasteiger partial charge in [0, 0.05) is 30.4 Å². The van der Waals surface area contributed by atoms with Crippen molar-refractivity contribution >= 4 is 5.97 Å². The van der Waals surface area contributed by atoms with E-state index in [1.807, 2.05) is 32.2 Å². The molecule has 1 aromatic carbocycles. The molecule has 1 atom stereocenters. The molecule has 2 heterocycles. The number of methoxy groups -OCH3 is 1. The van der Waals surface area contributed by atoms with E-state index in [-0.39, 0.29) is 5.92 Å². The fraction of sp³-hybridized carbons (Fsp3) is 0.400. The third-order valence-corrected chi connectivity index (χ3v) is 5.03. The zero-order valence-corrected chi connectivity index (χ0v) is 15.0. The van der Waals surface area contributed by atoms with Crippen LogP contribution in [0.25, 0.3) is 0 Å². The first kappa shape index (κ1) is 17.4. The zero-order chi connectivity index (χ0) is 18.0. The van der Waals surface area contributed by atoms with Crippen molar-refractivity contribution in [3.63, 3.8) is 0 Å². The molecule has 5 heteroatoms. The molecule has 0 aliphatic carbocycles. The van der Waals surface area contributed by atoms with Crippen molar-refractivity contribution in [3.8, 4) is 5.75 Å². The first-order valence-electron chi connectivity index (χ1n) is 8.55. The van der Waals surface area contributed by atoms with Crippen molar-refractivity contribution in [1.82, 2.24) is 9.88 Å². The van der Waals surface area contributed by atoms with Crippen LogP contribution in [0.3, 0.4) is 0 Å². The molecule has 0 saturated carbocycles. The molecule has 0 radical (unpaired) electrons. The summed E-state index contributed by atoms with van der Waals surface area (Å²) >= 11 is 0. The smallest absolute Gasteiger partial charge is 0.335 e. The maximum Gasteiger partial charge on any atom is 0.335 e. The number of benzene rings is 1. The topological polar surface area (TPSA) is 62.7 Å². The molecule has 1 fully saturated rings. The minimum atomic E-state index is -0.852. The number of rotatable bonds is 5. The quantitative estimate of drug-likeness (QED) is 0.904. The van der Waals surface area contributed by atoms with Gasteiger partial charge in [0.05, 0.1) is 18.4 Å². The second-order valence-corrected chi connectivity index (χ2v) is 6.66. The number of likely N-dealkylation sites (tertiary alicyclic amines) is 1. The molecule has 25 heavy (non-hydrogen) atoms. The van der Waals surface area contributed by atoms with Gasteiger partial charge in [0.1, 0.15) is 5.75 Å². The minimum Gasteiger partial charge on any atom is -0.496 e. The fourth-order valence-electron chi connectivity index (χ4n) is 3.72. The highest BCUT2D eigenvalue weighted by atomic mass is 16.5. The highest BCUT2D eigenvalue weighted by Gasteiger charge is 2.27. The van der Waals surface area contributed by atoms with E-state index >= 15 is 0 Å². The average molecular weight is 340 g/mol. The number of carboxylic acids is 1. The average Bonchev–Trinajstić information content (AvgIpc) is 3.06. The predicted molar refractivity (Wildman–Crippen MR) is 96.3 cm³/mol. The van der Waals surface area contributed by atoms with Crippen LogP contribution in [0.4, 0.5) is 0 Å². The van der Waals surface area contributed by atoms with E-state index in [1.165, 1.54) is 0 Å². The molecule has 0 bridgehead atoms. The van der Waals surface area contributed by atoms with Gasteiger partial charge >= 0.3 is 5.97 Å². The van der Waals surface area contributed by atoms with Gasteiger partial charge in [-0.05, 0) is 44.4 Å². The molecule has 1 aromatic heterocycles. The Hall–Kier alpha value is -2.40. The Bertz CT molecular complexity index is 789. The molecule has 1 aliphatic rings. The van der Waals surface area contributed by atoms with Gasteiger partial charge in [0.2, 0.25) is 0 Å². The van der Waals surface area contributed by atoms with Gasteiger partial charge in [0.15, 0.2) is 0 Å². The minimum absolute atomic E-state index is 0.250. The van der Waals surface area contributed by atoms with Crippen molar-refractivity contribution in [1.29, 1.82) is 0 Å². The summed E-state index contributed by atoms with van der Waals surface area (Å²) in [6.45, 7) is 6.59. The maximum absolute atomic E-state index is 11.5. The molecule has 0 amide bonds. The summed E-state index contributed by atoms with van der Waals surface area (Å²) in [6.07, 6.45) is 2.82. The molecule has 1 unspecified atom stereocenters. The molecule has 2 aromatic rings. The van der Waals surface area contributed by atoms with Gasteiger partial charge in [0.25, 0.3) is 0 Å². The van der Waals surface area contributed by atoms with Gasteiger partial charge < -0.3 is 9.84 Å². The van der Waals surface area contributed by atoms with Crippen LogP contribution in [0.2, 0.25) is 0 Å². The SMILES string of the molecule is COc1c(C)cnc(CN2CCC(c3ccccc3C(=O)O)C2)c1C. The molecular formula is C20H24N2O3. The maximum atomic E-state index is 11.5. The van der Waals surface area contributed by atoms with Crippen LogP contribution in [-0.2, 0) is 6.54 Å². The summed E-state index contributed by atoms with van der Waals surface area (Å²) in [5, 5.41) is 9.41. The van der Waals surface area contributed by atoms with E-state index in [0.717, 1.165) is 54.2 Å². The molecule has 5 nitrogen and oxygen atoms in total. The summed E-state index contributed by atoms with van der Waals surface area (Å²) in [7, 11) is 1.69. The van der Waals surface area contributed by atoms with E-state index in [9.17, 15) is 9.90 Å². The highest BCUT2D eigenvalue weighted by molar-refractivity contribution is 5.89. The van der Waals surface area contributed by atoms with Gasteiger partial charge in [-0.3, -0.25) is 9.88 Å². The Morgan fingerprint density at radius 2 is 2.12 bits per heavy atom. The van der Waals surface area contributed by atoms with Crippen LogP contribution in [0.15, 0.2) is 30.5 Å². The summed E-state index contributed by atoms with van der Waals surface area (Å²) in [5.41, 5.74) is 4.49. The largest absolute Gasteiger partial charge is 0.496 e. The summed E-state index contributed by atoms with van der Waals surface area (Å²) in [4.78, 5) is 18.4. The number of carboxylic acid groups (broad SMARTS) is 1. The number of hydrogen-bond donors (Lipinski definition) is 1. The van der Waals surface area contributed by atoms with E-state index in [2.05, 4.69) is 9.88 Å². The van der Waals surface area contributed by atoms with Gasteiger partial charge in [-0.25, -0.2) is 4.79 Å². The highest BCUT2D eigenvalue weighted by Crippen LogP contribution is 2.31. The van der Waals surface area contributed by atoms with Crippen molar-refractivity contribution in [3.05, 3.63) is 58.4 Å². The van der Waals surface area contributed by atoms with Crippen LogP contribution in [0.1, 0.15) is 45.1 Å².